The molecule has 1 fully saturated rings. The SMILES string of the molecule is CC(CN1CCN(C)CC1)NCc1cccc(-c2cc3nccc(Oc4cc[c]cc4F)c3s2)c1. The predicted octanol–water partition coefficient (Wildman–Crippen LogP) is 5.42. The van der Waals surface area contributed by atoms with Crippen LogP contribution in [-0.4, -0.2) is 60.6 Å². The molecule has 1 aliphatic rings. The molecular weight excluding hydrogens is 459 g/mol. The van der Waals surface area contributed by atoms with Crippen molar-refractivity contribution in [2.45, 2.75) is 19.5 Å². The summed E-state index contributed by atoms with van der Waals surface area (Å²) in [4.78, 5) is 10.5. The van der Waals surface area contributed by atoms with Crippen LogP contribution in [0.25, 0.3) is 20.7 Å². The summed E-state index contributed by atoms with van der Waals surface area (Å²) in [5, 5.41) is 3.68. The van der Waals surface area contributed by atoms with Gasteiger partial charge in [-0.3, -0.25) is 9.88 Å². The van der Waals surface area contributed by atoms with Crippen molar-refractivity contribution in [3.63, 3.8) is 0 Å². The van der Waals surface area contributed by atoms with Crippen LogP contribution in [0.1, 0.15) is 12.5 Å². The van der Waals surface area contributed by atoms with E-state index in [0.717, 1.165) is 59.9 Å². The summed E-state index contributed by atoms with van der Waals surface area (Å²) in [5.74, 6) is 0.355. The van der Waals surface area contributed by atoms with Gasteiger partial charge in [0.2, 0.25) is 0 Å². The molecule has 3 heterocycles. The molecule has 2 aromatic carbocycles. The molecule has 0 spiro atoms. The van der Waals surface area contributed by atoms with E-state index in [-0.39, 0.29) is 5.75 Å². The maximum absolute atomic E-state index is 14.1. The number of pyridine rings is 1. The fraction of sp³-hybridized carbons (Fsp3) is 0.321. The van der Waals surface area contributed by atoms with Crippen LogP contribution in [0.5, 0.6) is 11.5 Å². The number of aromatic nitrogens is 1. The molecule has 1 atom stereocenters. The zero-order valence-corrected chi connectivity index (χ0v) is 20.9. The number of nitrogens with one attached hydrogen (secondary N) is 1. The van der Waals surface area contributed by atoms with E-state index in [1.54, 1.807) is 35.7 Å². The van der Waals surface area contributed by atoms with E-state index >= 15 is 0 Å². The van der Waals surface area contributed by atoms with Crippen molar-refractivity contribution in [1.82, 2.24) is 20.1 Å². The molecule has 0 amide bonds. The fourth-order valence-corrected chi connectivity index (χ4v) is 5.41. The maximum Gasteiger partial charge on any atom is 0.166 e. The third-order valence-electron chi connectivity index (χ3n) is 6.37. The maximum atomic E-state index is 14.1. The number of ether oxygens (including phenoxy) is 1. The number of fused-ring (bicyclic) bond motifs is 1. The van der Waals surface area contributed by atoms with E-state index in [2.05, 4.69) is 70.5 Å². The average molecular weight is 490 g/mol. The van der Waals surface area contributed by atoms with Gasteiger partial charge >= 0.3 is 0 Å². The molecule has 1 saturated heterocycles. The van der Waals surface area contributed by atoms with E-state index in [1.165, 1.54) is 11.6 Å². The molecule has 7 heteroatoms. The number of hydrogen-bond acceptors (Lipinski definition) is 6. The van der Waals surface area contributed by atoms with Crippen LogP contribution in [0.3, 0.4) is 0 Å². The third-order valence-corrected chi connectivity index (χ3v) is 7.55. The third kappa shape index (κ3) is 5.87. The van der Waals surface area contributed by atoms with Gasteiger partial charge in [-0.05, 0) is 55.4 Å². The molecule has 2 aromatic heterocycles. The van der Waals surface area contributed by atoms with Crippen LogP contribution in [0.4, 0.5) is 4.39 Å². The summed E-state index contributed by atoms with van der Waals surface area (Å²) in [6.07, 6.45) is 1.70. The lowest BCUT2D eigenvalue weighted by atomic mass is 10.1. The fourth-order valence-electron chi connectivity index (χ4n) is 4.34. The van der Waals surface area contributed by atoms with Crippen molar-refractivity contribution in [2.24, 2.45) is 0 Å². The van der Waals surface area contributed by atoms with Gasteiger partial charge in [-0.15, -0.1) is 11.3 Å². The van der Waals surface area contributed by atoms with Crippen molar-refractivity contribution in [2.75, 3.05) is 39.8 Å². The van der Waals surface area contributed by atoms with E-state index in [9.17, 15) is 4.39 Å². The van der Waals surface area contributed by atoms with Gasteiger partial charge in [-0.25, -0.2) is 4.39 Å². The normalized spacial score (nSPS) is 16.0. The van der Waals surface area contributed by atoms with E-state index in [4.69, 9.17) is 4.74 Å². The highest BCUT2D eigenvalue weighted by Crippen LogP contribution is 2.39. The first-order valence-corrected chi connectivity index (χ1v) is 12.8. The Bertz CT molecular complexity index is 1280. The summed E-state index contributed by atoms with van der Waals surface area (Å²) >= 11 is 1.61. The first kappa shape index (κ1) is 23.9. The molecule has 0 aliphatic carbocycles. The molecular formula is C28H30FN4OS. The molecule has 5 nitrogen and oxygen atoms in total. The van der Waals surface area contributed by atoms with Gasteiger partial charge in [0.25, 0.3) is 0 Å². The summed E-state index contributed by atoms with van der Waals surface area (Å²) in [6.45, 7) is 8.71. The van der Waals surface area contributed by atoms with Gasteiger partial charge in [-0.2, -0.15) is 0 Å². The zero-order chi connectivity index (χ0) is 24.2. The smallest absolute Gasteiger partial charge is 0.166 e. The molecule has 1 aliphatic heterocycles. The standard InChI is InChI=1S/C28H30FN4OS/c1-20(19-33-14-12-32(2)13-15-33)31-18-21-6-5-7-22(16-21)27-17-24-28(35-27)26(10-11-30-24)34-25-9-4-3-8-23(25)29/h4-11,16-17,20,31H,12-15,18-19H2,1-2H3. The summed E-state index contributed by atoms with van der Waals surface area (Å²) < 4.78 is 20.9. The predicted molar refractivity (Wildman–Crippen MR) is 141 cm³/mol. The molecule has 35 heavy (non-hydrogen) atoms. The van der Waals surface area contributed by atoms with Crippen LogP contribution in [-0.2, 0) is 6.54 Å². The molecule has 5 rings (SSSR count). The van der Waals surface area contributed by atoms with Crippen LogP contribution >= 0.6 is 11.3 Å². The lowest BCUT2D eigenvalue weighted by Crippen LogP contribution is -2.48. The number of likely N-dealkylation sites (N-methyl/N-ethyl adjacent to an activating group) is 1. The molecule has 1 N–H and O–H groups in total. The number of thiophene rings is 1. The molecule has 181 valence electrons. The molecule has 1 unspecified atom stereocenters. The van der Waals surface area contributed by atoms with Gasteiger partial charge in [0.05, 0.1) is 10.2 Å². The minimum Gasteiger partial charge on any atom is -0.453 e. The lowest BCUT2D eigenvalue weighted by Gasteiger charge is -2.34. The van der Waals surface area contributed by atoms with Crippen molar-refractivity contribution < 1.29 is 9.13 Å². The second-order valence-electron chi connectivity index (χ2n) is 9.18. The van der Waals surface area contributed by atoms with Crippen LogP contribution in [0.2, 0.25) is 0 Å². The zero-order valence-electron chi connectivity index (χ0n) is 20.1. The summed E-state index contributed by atoms with van der Waals surface area (Å²) in [7, 11) is 2.19. The number of benzene rings is 2. The summed E-state index contributed by atoms with van der Waals surface area (Å²) in [5.41, 5.74) is 3.23. The second kappa shape index (κ2) is 10.8. The van der Waals surface area contributed by atoms with E-state index < -0.39 is 5.82 Å². The monoisotopic (exact) mass is 489 g/mol. The summed E-state index contributed by atoms with van der Waals surface area (Å²) in [6, 6.07) is 20.1. The van der Waals surface area contributed by atoms with Gasteiger partial charge in [0.15, 0.2) is 11.6 Å². The highest BCUT2D eigenvalue weighted by Gasteiger charge is 2.16. The molecule has 0 bridgehead atoms. The largest absolute Gasteiger partial charge is 0.453 e. The molecule has 0 saturated carbocycles. The number of piperazine rings is 1. The number of nitrogens with zero attached hydrogens (tertiary/aromatic N) is 3. The highest BCUT2D eigenvalue weighted by molar-refractivity contribution is 7.22. The van der Waals surface area contributed by atoms with Gasteiger partial charge in [0, 0.05) is 62.5 Å². The Hall–Kier alpha value is -2.84. The Balaban J connectivity index is 1.28. The minimum absolute atomic E-state index is 0.185. The first-order valence-electron chi connectivity index (χ1n) is 12.0. The van der Waals surface area contributed by atoms with Gasteiger partial charge < -0.3 is 15.0 Å². The van der Waals surface area contributed by atoms with Crippen LogP contribution < -0.4 is 10.1 Å². The number of hydrogen-bond donors (Lipinski definition) is 1. The van der Waals surface area contributed by atoms with Crippen molar-refractivity contribution >= 4 is 21.6 Å². The highest BCUT2D eigenvalue weighted by atomic mass is 32.1. The number of halogens is 1. The second-order valence-corrected chi connectivity index (χ2v) is 10.2. The molecule has 1 radical (unpaired) electrons. The molecule has 4 aromatic rings. The van der Waals surface area contributed by atoms with Crippen molar-refractivity contribution in [3.05, 3.63) is 78.2 Å². The topological polar surface area (TPSA) is 40.6 Å². The lowest BCUT2D eigenvalue weighted by molar-refractivity contribution is 0.144. The Morgan fingerprint density at radius 1 is 1.14 bits per heavy atom. The van der Waals surface area contributed by atoms with E-state index in [0.29, 0.717) is 11.8 Å². The average Bonchev–Trinajstić information content (AvgIpc) is 3.31. The Kier molecular flexibility index (Phi) is 7.39. The Labute approximate surface area is 210 Å². The quantitative estimate of drug-likeness (QED) is 0.358. The van der Waals surface area contributed by atoms with Gasteiger partial charge in [-0.1, -0.05) is 24.3 Å². The van der Waals surface area contributed by atoms with Crippen LogP contribution in [0, 0.1) is 11.9 Å². The Morgan fingerprint density at radius 2 is 2.00 bits per heavy atom. The van der Waals surface area contributed by atoms with Crippen LogP contribution in [0.15, 0.2) is 60.8 Å². The number of rotatable bonds is 8. The van der Waals surface area contributed by atoms with E-state index in [1.807, 2.05) is 0 Å². The van der Waals surface area contributed by atoms with Gasteiger partial charge in [0.1, 0.15) is 5.75 Å². The van der Waals surface area contributed by atoms with Crippen molar-refractivity contribution in [3.8, 4) is 21.9 Å². The van der Waals surface area contributed by atoms with Crippen molar-refractivity contribution in [1.29, 1.82) is 0 Å². The minimum atomic E-state index is -0.434. The Morgan fingerprint density at radius 3 is 2.83 bits per heavy atom. The first-order chi connectivity index (χ1) is 17.0.